The van der Waals surface area contributed by atoms with Crippen molar-refractivity contribution in [3.8, 4) is 11.5 Å². The molecule has 1 saturated heterocycles. The van der Waals surface area contributed by atoms with Gasteiger partial charge in [0, 0.05) is 38.0 Å². The molecule has 1 aliphatic carbocycles. The number of anilines is 1. The molecule has 176 valence electrons. The van der Waals surface area contributed by atoms with E-state index in [0.29, 0.717) is 18.8 Å². The Bertz CT molecular complexity index is 1260. The molecule has 1 aliphatic heterocycles. The number of nitrogens with zero attached hydrogens (tertiary/aromatic N) is 3. The van der Waals surface area contributed by atoms with Crippen LogP contribution in [0.25, 0.3) is 11.0 Å². The monoisotopic (exact) mass is 479 g/mol. The maximum absolute atomic E-state index is 11.3. The number of allylic oxidation sites excluding steroid dienone is 3. The zero-order valence-electron chi connectivity index (χ0n) is 18.9. The number of aromatic nitrogens is 2. The number of aryl methyl sites for hydroxylation is 1. The number of hydrogen-bond donors (Lipinski definition) is 0. The summed E-state index contributed by atoms with van der Waals surface area (Å²) < 4.78 is 19.5. The number of carbonyl (C=O) groups excluding carboxylic acids is 1. The van der Waals surface area contributed by atoms with Crippen molar-refractivity contribution in [2.45, 2.75) is 13.0 Å². The van der Waals surface area contributed by atoms with E-state index in [4.69, 9.17) is 30.8 Å². The fourth-order valence-electron chi connectivity index (χ4n) is 4.14. The predicted octanol–water partition coefficient (Wildman–Crippen LogP) is 4.94. The molecule has 0 spiro atoms. The minimum absolute atomic E-state index is 0.280. The van der Waals surface area contributed by atoms with Crippen molar-refractivity contribution >= 4 is 33.6 Å². The van der Waals surface area contributed by atoms with Gasteiger partial charge in [-0.1, -0.05) is 12.1 Å². The molecule has 2 aliphatic rings. The first-order valence-electron chi connectivity index (χ1n) is 11.3. The highest BCUT2D eigenvalue weighted by Gasteiger charge is 2.17. The average molecular weight is 480 g/mol. The van der Waals surface area contributed by atoms with Gasteiger partial charge in [-0.05, 0) is 54.4 Å². The first-order valence-corrected chi connectivity index (χ1v) is 11.7. The highest BCUT2D eigenvalue weighted by Crippen LogP contribution is 2.29. The summed E-state index contributed by atoms with van der Waals surface area (Å²) in [6, 6.07) is 14.0. The molecule has 34 heavy (non-hydrogen) atoms. The summed E-state index contributed by atoms with van der Waals surface area (Å²) in [7, 11) is 1.96. The lowest BCUT2D eigenvalue weighted by Crippen LogP contribution is -2.36. The largest absolute Gasteiger partial charge is 0.486 e. The van der Waals surface area contributed by atoms with Crippen LogP contribution < -0.4 is 9.64 Å². The van der Waals surface area contributed by atoms with Gasteiger partial charge in [0.1, 0.15) is 29.7 Å². The van der Waals surface area contributed by atoms with Crippen LogP contribution in [0.2, 0.25) is 0 Å². The van der Waals surface area contributed by atoms with Gasteiger partial charge in [0.05, 0.1) is 30.2 Å². The summed E-state index contributed by atoms with van der Waals surface area (Å²) in [5, 5.41) is -0.354. The third-order valence-corrected chi connectivity index (χ3v) is 6.38. The highest BCUT2D eigenvalue weighted by atomic mass is 35.5. The number of ether oxygens (including phenoxy) is 3. The van der Waals surface area contributed by atoms with Crippen LogP contribution in [0, 0.1) is 5.92 Å². The van der Waals surface area contributed by atoms with Crippen molar-refractivity contribution in [2.24, 2.45) is 13.0 Å². The molecular weight excluding hydrogens is 454 g/mol. The van der Waals surface area contributed by atoms with Crippen LogP contribution >= 0.6 is 11.6 Å². The molecule has 0 bridgehead atoms. The molecule has 0 radical (unpaired) electrons. The fourth-order valence-corrected chi connectivity index (χ4v) is 4.30. The van der Waals surface area contributed by atoms with Crippen molar-refractivity contribution < 1.29 is 19.0 Å². The van der Waals surface area contributed by atoms with Crippen molar-refractivity contribution in [1.29, 1.82) is 0 Å². The number of morpholine rings is 1. The first kappa shape index (κ1) is 22.5. The second kappa shape index (κ2) is 9.91. The van der Waals surface area contributed by atoms with Gasteiger partial charge in [0.2, 0.25) is 5.24 Å². The third kappa shape index (κ3) is 4.95. The van der Waals surface area contributed by atoms with E-state index in [1.165, 1.54) is 0 Å². The molecule has 0 saturated carbocycles. The second-order valence-corrected chi connectivity index (χ2v) is 8.71. The topological polar surface area (TPSA) is 65.8 Å². The van der Waals surface area contributed by atoms with Crippen LogP contribution in [0.3, 0.4) is 0 Å². The van der Waals surface area contributed by atoms with Gasteiger partial charge in [-0.25, -0.2) is 4.98 Å². The summed E-state index contributed by atoms with van der Waals surface area (Å²) in [6.45, 7) is 3.57. The van der Waals surface area contributed by atoms with E-state index in [1.807, 2.05) is 48.0 Å². The number of rotatable bonds is 7. The molecule has 1 atom stereocenters. The van der Waals surface area contributed by atoms with E-state index in [0.717, 1.165) is 60.3 Å². The zero-order chi connectivity index (χ0) is 23.5. The summed E-state index contributed by atoms with van der Waals surface area (Å²) in [5.41, 5.74) is 2.97. The molecule has 0 N–H and O–H groups in total. The van der Waals surface area contributed by atoms with E-state index >= 15 is 0 Å². The number of imidazole rings is 1. The summed E-state index contributed by atoms with van der Waals surface area (Å²) in [4.78, 5) is 18.3. The number of carbonyl (C=O) groups is 1. The highest BCUT2D eigenvalue weighted by molar-refractivity contribution is 6.64. The molecule has 2 heterocycles. The van der Waals surface area contributed by atoms with Crippen molar-refractivity contribution in [3.05, 3.63) is 72.3 Å². The van der Waals surface area contributed by atoms with Crippen LogP contribution in [-0.4, -0.2) is 41.1 Å². The molecule has 1 unspecified atom stereocenters. The van der Waals surface area contributed by atoms with Gasteiger partial charge in [-0.15, -0.1) is 0 Å². The normalized spacial score (nSPS) is 18.1. The van der Waals surface area contributed by atoms with Gasteiger partial charge in [0.25, 0.3) is 0 Å². The number of hydrogen-bond acceptors (Lipinski definition) is 6. The summed E-state index contributed by atoms with van der Waals surface area (Å²) in [6.07, 6.45) is 5.99. The van der Waals surface area contributed by atoms with E-state index in [9.17, 15) is 4.79 Å². The van der Waals surface area contributed by atoms with E-state index in [-0.39, 0.29) is 11.2 Å². The standard InChI is InChI=1S/C26H26ClN3O4/c1-29-24-16-22(34-21-4-2-3-19(15-21)30-11-13-32-14-12-30)9-10-23(24)28-25(29)17-33-20-7-5-18(6-8-20)26(27)31/h2-5,7-10,15-16,18H,6,11-14,17H2,1H3. The number of fused-ring (bicyclic) bond motifs is 1. The Labute approximate surface area is 203 Å². The Morgan fingerprint density at radius 2 is 2.00 bits per heavy atom. The third-order valence-electron chi connectivity index (χ3n) is 6.10. The molecule has 7 nitrogen and oxygen atoms in total. The second-order valence-electron chi connectivity index (χ2n) is 8.34. The number of benzene rings is 2. The van der Waals surface area contributed by atoms with E-state index < -0.39 is 0 Å². The van der Waals surface area contributed by atoms with Crippen LogP contribution in [-0.2, 0) is 27.9 Å². The van der Waals surface area contributed by atoms with Crippen molar-refractivity contribution in [3.63, 3.8) is 0 Å². The molecule has 8 heteroatoms. The van der Waals surface area contributed by atoms with E-state index in [2.05, 4.69) is 17.0 Å². The minimum atomic E-state index is -0.354. The molecular formula is C26H26ClN3O4. The zero-order valence-corrected chi connectivity index (χ0v) is 19.7. The predicted molar refractivity (Wildman–Crippen MR) is 131 cm³/mol. The van der Waals surface area contributed by atoms with Gasteiger partial charge >= 0.3 is 0 Å². The maximum Gasteiger partial charge on any atom is 0.228 e. The molecule has 0 amide bonds. The summed E-state index contributed by atoms with van der Waals surface area (Å²) in [5.74, 6) is 2.77. The van der Waals surface area contributed by atoms with Gasteiger partial charge in [-0.3, -0.25) is 4.79 Å². The van der Waals surface area contributed by atoms with Gasteiger partial charge < -0.3 is 23.7 Å². The summed E-state index contributed by atoms with van der Waals surface area (Å²) >= 11 is 5.56. The fraction of sp³-hybridized carbons (Fsp3) is 0.308. The average Bonchev–Trinajstić information content (AvgIpc) is 3.18. The van der Waals surface area contributed by atoms with Gasteiger partial charge in [0.15, 0.2) is 0 Å². The maximum atomic E-state index is 11.3. The lowest BCUT2D eigenvalue weighted by Gasteiger charge is -2.29. The van der Waals surface area contributed by atoms with Crippen LogP contribution in [0.15, 0.2) is 66.5 Å². The SMILES string of the molecule is Cn1c(COC2=CCC(C(=O)Cl)C=C2)nc2ccc(Oc3cccc(N4CCOCC4)c3)cc21. The smallest absolute Gasteiger partial charge is 0.228 e. The molecule has 1 fully saturated rings. The number of halogens is 1. The Hall–Kier alpha value is -3.29. The van der Waals surface area contributed by atoms with Crippen LogP contribution in [0.1, 0.15) is 12.2 Å². The molecule has 2 aromatic carbocycles. The Morgan fingerprint density at radius 1 is 1.18 bits per heavy atom. The minimum Gasteiger partial charge on any atom is -0.486 e. The molecule has 5 rings (SSSR count). The lowest BCUT2D eigenvalue weighted by atomic mass is 10.0. The Kier molecular flexibility index (Phi) is 6.56. The van der Waals surface area contributed by atoms with E-state index in [1.54, 1.807) is 12.2 Å². The quantitative estimate of drug-likeness (QED) is 0.447. The van der Waals surface area contributed by atoms with Crippen LogP contribution in [0.5, 0.6) is 11.5 Å². The molecule has 1 aromatic heterocycles. The van der Waals surface area contributed by atoms with Crippen LogP contribution in [0.4, 0.5) is 5.69 Å². The lowest BCUT2D eigenvalue weighted by molar-refractivity contribution is -0.113. The Balaban J connectivity index is 1.28. The van der Waals surface area contributed by atoms with Crippen molar-refractivity contribution in [2.75, 3.05) is 31.2 Å². The van der Waals surface area contributed by atoms with Crippen molar-refractivity contribution in [1.82, 2.24) is 9.55 Å². The van der Waals surface area contributed by atoms with Gasteiger partial charge in [-0.2, -0.15) is 0 Å². The Morgan fingerprint density at radius 3 is 2.76 bits per heavy atom. The first-order chi connectivity index (χ1) is 16.6. The molecule has 3 aromatic rings.